The monoisotopic (exact) mass is 402 g/mol. The number of Topliss-reactive ketones (excluding diaryl/α,β-unsaturated/α-hetero) is 1. The van der Waals surface area contributed by atoms with Crippen molar-refractivity contribution in [3.63, 3.8) is 0 Å². The third kappa shape index (κ3) is 2.82. The normalized spacial score (nSPS) is 12.4. The van der Waals surface area contributed by atoms with Gasteiger partial charge < -0.3 is 0 Å². The van der Waals surface area contributed by atoms with Crippen LogP contribution in [0.15, 0.2) is 42.5 Å². The van der Waals surface area contributed by atoms with Gasteiger partial charge in [-0.1, -0.05) is 41.4 Å². The first-order valence-corrected chi connectivity index (χ1v) is 9.64. The smallest absolute Gasteiger partial charge is 0.198 e. The van der Waals surface area contributed by atoms with Crippen LogP contribution in [0.1, 0.15) is 20.6 Å². The average molecular weight is 403 g/mol. The summed E-state index contributed by atoms with van der Waals surface area (Å²) in [5.74, 6) is -1.30. The number of ketones is 1. The van der Waals surface area contributed by atoms with E-state index in [0.717, 1.165) is 20.3 Å². The molecule has 4 aromatic rings. The number of fused-ring (bicyclic) bond motifs is 2. The SMILES string of the molecule is N#C[C@H](C(=O)c1sc2cc(Cl)ccc2c1Cl)c1nc2ccccc2s1. The Bertz CT molecular complexity index is 1140. The van der Waals surface area contributed by atoms with Crippen LogP contribution in [0.3, 0.4) is 0 Å². The van der Waals surface area contributed by atoms with Gasteiger partial charge >= 0.3 is 0 Å². The van der Waals surface area contributed by atoms with E-state index in [1.807, 2.05) is 24.3 Å². The summed E-state index contributed by atoms with van der Waals surface area (Å²) in [5, 5.41) is 11.8. The predicted octanol–water partition coefficient (Wildman–Crippen LogP) is 6.31. The van der Waals surface area contributed by atoms with E-state index in [1.165, 1.54) is 22.7 Å². The molecule has 0 amide bonds. The summed E-state index contributed by atoms with van der Waals surface area (Å²) < 4.78 is 1.77. The molecular weight excluding hydrogens is 395 g/mol. The Hall–Kier alpha value is -1.97. The highest BCUT2D eigenvalue weighted by Gasteiger charge is 2.29. The molecule has 2 aromatic carbocycles. The Morgan fingerprint density at radius 1 is 1.12 bits per heavy atom. The van der Waals surface area contributed by atoms with Crippen LogP contribution in [0.4, 0.5) is 0 Å². The molecule has 2 aromatic heterocycles. The Labute approximate surface area is 161 Å². The van der Waals surface area contributed by atoms with E-state index >= 15 is 0 Å². The maximum atomic E-state index is 13.0. The van der Waals surface area contributed by atoms with Crippen molar-refractivity contribution in [3.8, 4) is 6.07 Å². The molecule has 4 rings (SSSR count). The summed E-state index contributed by atoms with van der Waals surface area (Å²) in [6, 6.07) is 14.9. The molecular formula is C18H8Cl2N2OS2. The molecule has 0 aliphatic carbocycles. The van der Waals surface area contributed by atoms with Crippen LogP contribution in [-0.2, 0) is 0 Å². The van der Waals surface area contributed by atoms with Crippen LogP contribution in [-0.4, -0.2) is 10.8 Å². The second kappa shape index (κ2) is 6.40. The number of benzene rings is 2. The molecule has 0 bridgehead atoms. The van der Waals surface area contributed by atoms with Gasteiger partial charge in [-0.05, 0) is 24.3 Å². The highest BCUT2D eigenvalue weighted by Crippen LogP contribution is 2.40. The Balaban J connectivity index is 1.80. The maximum absolute atomic E-state index is 13.0. The fraction of sp³-hybridized carbons (Fsp3) is 0.0556. The number of rotatable bonds is 3. The van der Waals surface area contributed by atoms with E-state index in [2.05, 4.69) is 11.1 Å². The van der Waals surface area contributed by atoms with Crippen molar-refractivity contribution in [2.75, 3.05) is 0 Å². The zero-order valence-corrected chi connectivity index (χ0v) is 15.6. The van der Waals surface area contributed by atoms with Crippen LogP contribution in [0.25, 0.3) is 20.3 Å². The van der Waals surface area contributed by atoms with E-state index in [4.69, 9.17) is 23.2 Å². The van der Waals surface area contributed by atoms with E-state index in [0.29, 0.717) is 19.9 Å². The summed E-state index contributed by atoms with van der Waals surface area (Å²) in [6.45, 7) is 0. The van der Waals surface area contributed by atoms with E-state index in [9.17, 15) is 10.1 Å². The predicted molar refractivity (Wildman–Crippen MR) is 104 cm³/mol. The van der Waals surface area contributed by atoms with Crippen LogP contribution >= 0.6 is 45.9 Å². The zero-order valence-electron chi connectivity index (χ0n) is 12.5. The Kier molecular flexibility index (Phi) is 4.22. The van der Waals surface area contributed by atoms with Crippen LogP contribution in [0.2, 0.25) is 10.0 Å². The van der Waals surface area contributed by atoms with Gasteiger partial charge in [0.15, 0.2) is 11.7 Å². The molecule has 0 saturated carbocycles. The van der Waals surface area contributed by atoms with Crippen molar-refractivity contribution in [3.05, 3.63) is 62.4 Å². The quantitative estimate of drug-likeness (QED) is 0.377. The number of halogens is 2. The lowest BCUT2D eigenvalue weighted by molar-refractivity contribution is 0.0983. The third-order valence-electron chi connectivity index (χ3n) is 3.76. The molecule has 2 heterocycles. The molecule has 0 aliphatic rings. The van der Waals surface area contributed by atoms with Gasteiger partial charge in [0.2, 0.25) is 0 Å². The number of hydrogen-bond acceptors (Lipinski definition) is 5. The topological polar surface area (TPSA) is 53.8 Å². The molecule has 0 N–H and O–H groups in total. The Morgan fingerprint density at radius 3 is 2.68 bits per heavy atom. The molecule has 3 nitrogen and oxygen atoms in total. The van der Waals surface area contributed by atoms with Gasteiger partial charge in [0.1, 0.15) is 5.01 Å². The maximum Gasteiger partial charge on any atom is 0.198 e. The molecule has 0 unspecified atom stereocenters. The van der Waals surface area contributed by atoms with Gasteiger partial charge in [-0.25, -0.2) is 4.98 Å². The summed E-state index contributed by atoms with van der Waals surface area (Å²) in [6.07, 6.45) is 0. The van der Waals surface area contributed by atoms with Crippen molar-refractivity contribution < 1.29 is 4.79 Å². The van der Waals surface area contributed by atoms with Gasteiger partial charge in [0.25, 0.3) is 0 Å². The lowest BCUT2D eigenvalue weighted by Crippen LogP contribution is -2.09. The van der Waals surface area contributed by atoms with Gasteiger partial charge in [-0.2, -0.15) is 5.26 Å². The molecule has 0 spiro atoms. The van der Waals surface area contributed by atoms with Crippen molar-refractivity contribution in [1.29, 1.82) is 5.26 Å². The van der Waals surface area contributed by atoms with Crippen molar-refractivity contribution >= 4 is 72.0 Å². The van der Waals surface area contributed by atoms with Crippen molar-refractivity contribution in [2.45, 2.75) is 5.92 Å². The van der Waals surface area contributed by atoms with E-state index in [-0.39, 0.29) is 5.78 Å². The zero-order chi connectivity index (χ0) is 17.6. The van der Waals surface area contributed by atoms with Crippen LogP contribution < -0.4 is 0 Å². The number of nitriles is 1. The largest absolute Gasteiger partial charge is 0.291 e. The number of thiazole rings is 1. The molecule has 25 heavy (non-hydrogen) atoms. The number of nitrogens with zero attached hydrogens (tertiary/aromatic N) is 2. The van der Waals surface area contributed by atoms with Crippen LogP contribution in [0.5, 0.6) is 0 Å². The fourth-order valence-corrected chi connectivity index (χ4v) is 5.35. The second-order valence-corrected chi connectivity index (χ2v) is 8.26. The summed E-state index contributed by atoms with van der Waals surface area (Å²) >= 11 is 15.0. The number of carbonyl (C=O) groups is 1. The minimum absolute atomic E-state index is 0.330. The summed E-state index contributed by atoms with van der Waals surface area (Å²) in [4.78, 5) is 17.8. The van der Waals surface area contributed by atoms with Gasteiger partial charge in [0, 0.05) is 15.1 Å². The summed E-state index contributed by atoms with van der Waals surface area (Å²) in [5.41, 5.74) is 0.782. The number of hydrogen-bond donors (Lipinski definition) is 0. The number of para-hydroxylation sites is 1. The highest BCUT2D eigenvalue weighted by molar-refractivity contribution is 7.22. The van der Waals surface area contributed by atoms with Gasteiger partial charge in [0.05, 0.1) is 26.2 Å². The van der Waals surface area contributed by atoms with E-state index < -0.39 is 5.92 Å². The lowest BCUT2D eigenvalue weighted by Gasteiger charge is -2.03. The second-order valence-electron chi connectivity index (χ2n) is 5.33. The molecule has 0 aliphatic heterocycles. The lowest BCUT2D eigenvalue weighted by atomic mass is 10.1. The first kappa shape index (κ1) is 16.5. The van der Waals surface area contributed by atoms with Gasteiger partial charge in [-0.15, -0.1) is 22.7 Å². The van der Waals surface area contributed by atoms with Crippen molar-refractivity contribution in [2.24, 2.45) is 0 Å². The minimum Gasteiger partial charge on any atom is -0.291 e. The number of aromatic nitrogens is 1. The summed E-state index contributed by atoms with van der Waals surface area (Å²) in [7, 11) is 0. The minimum atomic E-state index is -0.974. The molecule has 1 atom stereocenters. The molecule has 0 radical (unpaired) electrons. The molecule has 0 fully saturated rings. The molecule has 0 saturated heterocycles. The van der Waals surface area contributed by atoms with Crippen molar-refractivity contribution in [1.82, 2.24) is 4.98 Å². The van der Waals surface area contributed by atoms with E-state index in [1.54, 1.807) is 18.2 Å². The molecule has 7 heteroatoms. The Morgan fingerprint density at radius 2 is 1.92 bits per heavy atom. The first-order chi connectivity index (χ1) is 12.1. The third-order valence-corrected chi connectivity index (χ3v) is 6.77. The molecule has 122 valence electrons. The van der Waals surface area contributed by atoms with Gasteiger partial charge in [-0.3, -0.25) is 4.79 Å². The highest BCUT2D eigenvalue weighted by atomic mass is 35.5. The first-order valence-electron chi connectivity index (χ1n) is 7.25. The number of carbonyl (C=O) groups excluding carboxylic acids is 1. The average Bonchev–Trinajstić information content (AvgIpc) is 3.16. The number of thiophene rings is 1. The van der Waals surface area contributed by atoms with Crippen LogP contribution in [0, 0.1) is 11.3 Å². The standard InChI is InChI=1S/C18H8Cl2N2OS2/c19-9-5-6-10-14(7-9)24-17(15(10)20)16(23)11(8-21)18-22-12-3-1-2-4-13(12)25-18/h1-7,11H/t11-/m1/s1. The fourth-order valence-electron chi connectivity index (χ4n) is 2.57.